The van der Waals surface area contributed by atoms with E-state index in [1.165, 1.54) is 38.5 Å². The zero-order valence-corrected chi connectivity index (χ0v) is 15.0. The van der Waals surface area contributed by atoms with Crippen LogP contribution < -0.4 is 0 Å². The van der Waals surface area contributed by atoms with Crippen molar-refractivity contribution in [3.05, 3.63) is 0 Å². The fourth-order valence-electron chi connectivity index (χ4n) is 7.78. The van der Waals surface area contributed by atoms with Gasteiger partial charge in [0, 0.05) is 19.4 Å². The number of Topliss-reactive ketones (excluding diaryl/α,β-unsaturated/α-hetero) is 1. The van der Waals surface area contributed by atoms with Crippen LogP contribution in [0.25, 0.3) is 0 Å². The van der Waals surface area contributed by atoms with Crippen LogP contribution in [0.5, 0.6) is 0 Å². The number of ketones is 1. The molecule has 0 aliphatic heterocycles. The molecule has 0 saturated heterocycles. The van der Waals surface area contributed by atoms with Gasteiger partial charge in [-0.15, -0.1) is 0 Å². The van der Waals surface area contributed by atoms with Crippen molar-refractivity contribution in [2.24, 2.45) is 40.4 Å². The van der Waals surface area contributed by atoms with Crippen molar-refractivity contribution in [1.29, 1.82) is 0 Å². The van der Waals surface area contributed by atoms with Crippen molar-refractivity contribution >= 4 is 5.78 Å². The Kier molecular flexibility index (Phi) is 3.91. The van der Waals surface area contributed by atoms with Crippen LogP contribution in [0.2, 0.25) is 0 Å². The molecule has 4 unspecified atom stereocenters. The van der Waals surface area contributed by atoms with Crippen molar-refractivity contribution in [1.82, 2.24) is 0 Å². The Hall–Kier alpha value is -0.370. The topological polar surface area (TPSA) is 37.3 Å². The van der Waals surface area contributed by atoms with Gasteiger partial charge in [-0.3, -0.25) is 4.79 Å². The number of carbonyl (C=O) groups is 1. The van der Waals surface area contributed by atoms with E-state index in [4.69, 9.17) is 0 Å². The average Bonchev–Trinajstić information content (AvgIpc) is 2.85. The third-order valence-corrected chi connectivity index (χ3v) is 9.16. The maximum Gasteiger partial charge on any atom is 0.133 e. The van der Waals surface area contributed by atoms with Crippen LogP contribution in [0.1, 0.15) is 78.1 Å². The number of fused-ring (bicyclic) bond motifs is 5. The van der Waals surface area contributed by atoms with Gasteiger partial charge in [0.05, 0.1) is 0 Å². The minimum absolute atomic E-state index is 0.364. The van der Waals surface area contributed by atoms with E-state index in [9.17, 15) is 9.90 Å². The van der Waals surface area contributed by atoms with Crippen molar-refractivity contribution in [2.45, 2.75) is 78.1 Å². The first kappa shape index (κ1) is 16.1. The third kappa shape index (κ3) is 2.27. The molecule has 0 heterocycles. The van der Waals surface area contributed by atoms with Crippen LogP contribution in [0, 0.1) is 40.4 Å². The van der Waals surface area contributed by atoms with Crippen LogP contribution in [0.4, 0.5) is 0 Å². The molecule has 23 heavy (non-hydrogen) atoms. The van der Waals surface area contributed by atoms with Gasteiger partial charge in [-0.25, -0.2) is 0 Å². The van der Waals surface area contributed by atoms with Crippen LogP contribution in [0.3, 0.4) is 0 Å². The van der Waals surface area contributed by atoms with Gasteiger partial charge in [0.15, 0.2) is 0 Å². The highest BCUT2D eigenvalue weighted by molar-refractivity contribution is 5.79. The zero-order valence-electron chi connectivity index (χ0n) is 15.0. The van der Waals surface area contributed by atoms with Gasteiger partial charge in [-0.1, -0.05) is 13.8 Å². The number of aliphatic hydroxyl groups excluding tert-OH is 1. The van der Waals surface area contributed by atoms with Crippen molar-refractivity contribution in [3.63, 3.8) is 0 Å². The molecule has 1 N–H and O–H groups in total. The highest BCUT2D eigenvalue weighted by atomic mass is 16.3. The summed E-state index contributed by atoms with van der Waals surface area (Å²) in [6.45, 7) is 5.44. The van der Waals surface area contributed by atoms with Crippen molar-refractivity contribution < 1.29 is 9.90 Å². The SMILES string of the molecule is C[C@]12CCC(=O)CC1CCC1C2CC[C@@]2(C)C1CC[C@@H]2CCO. The minimum atomic E-state index is 0.364. The fraction of sp³-hybridized carbons (Fsp3) is 0.952. The van der Waals surface area contributed by atoms with Crippen LogP contribution >= 0.6 is 0 Å². The molecule has 0 amide bonds. The fourth-order valence-corrected chi connectivity index (χ4v) is 7.78. The van der Waals surface area contributed by atoms with E-state index >= 15 is 0 Å². The van der Waals surface area contributed by atoms with Crippen LogP contribution in [-0.2, 0) is 4.79 Å². The maximum absolute atomic E-state index is 11.9. The lowest BCUT2D eigenvalue weighted by Gasteiger charge is -2.60. The summed E-state index contributed by atoms with van der Waals surface area (Å²) in [6.07, 6.45) is 12.0. The Labute approximate surface area is 141 Å². The summed E-state index contributed by atoms with van der Waals surface area (Å²) < 4.78 is 0. The van der Waals surface area contributed by atoms with E-state index < -0.39 is 0 Å². The summed E-state index contributed by atoms with van der Waals surface area (Å²) in [4.78, 5) is 11.9. The molecule has 4 aliphatic carbocycles. The molecular formula is C21H34O2. The number of aliphatic hydroxyl groups is 1. The summed E-state index contributed by atoms with van der Waals surface area (Å²) in [5.74, 6) is 4.58. The number of carbonyl (C=O) groups excluding carboxylic acids is 1. The minimum Gasteiger partial charge on any atom is -0.396 e. The molecule has 2 nitrogen and oxygen atoms in total. The molecule has 4 aliphatic rings. The molecule has 0 spiro atoms. The van der Waals surface area contributed by atoms with E-state index in [0.717, 1.165) is 49.4 Å². The molecule has 0 bridgehead atoms. The van der Waals surface area contributed by atoms with Gasteiger partial charge < -0.3 is 5.11 Å². The Morgan fingerprint density at radius 1 is 1.00 bits per heavy atom. The normalized spacial score (nSPS) is 52.7. The zero-order chi connectivity index (χ0) is 16.2. The van der Waals surface area contributed by atoms with E-state index in [1.54, 1.807) is 0 Å². The molecule has 0 radical (unpaired) electrons. The lowest BCUT2D eigenvalue weighted by Crippen LogP contribution is -2.53. The Morgan fingerprint density at radius 3 is 2.57 bits per heavy atom. The standard InChI is InChI=1S/C21H34O2/c1-20-11-8-19-17(18(20)6-4-14(20)9-12-22)5-3-15-13-16(23)7-10-21(15,19)2/h14-15,17-19,22H,3-13H2,1-2H3/t14-,15?,17?,18?,19?,20-,21+/m1/s1. The first-order valence-corrected chi connectivity index (χ1v) is 10.1. The van der Waals surface area contributed by atoms with E-state index in [1.807, 2.05) is 0 Å². The van der Waals surface area contributed by atoms with Gasteiger partial charge in [-0.05, 0) is 91.8 Å². The quantitative estimate of drug-likeness (QED) is 0.808. The lowest BCUT2D eigenvalue weighted by atomic mass is 9.44. The average molecular weight is 319 g/mol. The van der Waals surface area contributed by atoms with E-state index in [0.29, 0.717) is 29.1 Å². The second-order valence-corrected chi connectivity index (χ2v) is 9.73. The molecule has 2 heteroatoms. The van der Waals surface area contributed by atoms with Gasteiger partial charge in [-0.2, -0.15) is 0 Å². The summed E-state index contributed by atoms with van der Waals surface area (Å²) >= 11 is 0. The molecule has 130 valence electrons. The molecule has 0 aromatic rings. The molecular weight excluding hydrogens is 284 g/mol. The number of hydrogen-bond acceptors (Lipinski definition) is 2. The van der Waals surface area contributed by atoms with Gasteiger partial charge >= 0.3 is 0 Å². The van der Waals surface area contributed by atoms with Crippen LogP contribution in [0.15, 0.2) is 0 Å². The Balaban J connectivity index is 1.59. The first-order valence-electron chi connectivity index (χ1n) is 10.1. The lowest BCUT2D eigenvalue weighted by molar-refractivity contribution is -0.139. The van der Waals surface area contributed by atoms with E-state index in [2.05, 4.69) is 13.8 Å². The molecule has 4 rings (SSSR count). The summed E-state index contributed by atoms with van der Waals surface area (Å²) in [5, 5.41) is 9.45. The molecule has 4 fully saturated rings. The Bertz CT molecular complexity index is 486. The highest BCUT2D eigenvalue weighted by Gasteiger charge is 2.59. The smallest absolute Gasteiger partial charge is 0.133 e. The van der Waals surface area contributed by atoms with Gasteiger partial charge in [0.1, 0.15) is 5.78 Å². The summed E-state index contributed by atoms with van der Waals surface area (Å²) in [7, 11) is 0. The largest absolute Gasteiger partial charge is 0.396 e. The molecule has 0 aromatic heterocycles. The predicted octanol–water partition coefficient (Wildman–Crippen LogP) is 4.60. The van der Waals surface area contributed by atoms with Crippen LogP contribution in [-0.4, -0.2) is 17.5 Å². The second-order valence-electron chi connectivity index (χ2n) is 9.73. The molecule has 0 aromatic carbocycles. The Morgan fingerprint density at radius 2 is 1.78 bits per heavy atom. The highest BCUT2D eigenvalue weighted by Crippen LogP contribution is 2.67. The predicted molar refractivity (Wildman–Crippen MR) is 91.9 cm³/mol. The van der Waals surface area contributed by atoms with E-state index in [-0.39, 0.29) is 0 Å². The first-order chi connectivity index (χ1) is 11.0. The third-order valence-electron chi connectivity index (χ3n) is 9.16. The number of rotatable bonds is 2. The maximum atomic E-state index is 11.9. The molecule has 7 atom stereocenters. The second kappa shape index (κ2) is 5.58. The molecule has 4 saturated carbocycles. The van der Waals surface area contributed by atoms with Gasteiger partial charge in [0.2, 0.25) is 0 Å². The van der Waals surface area contributed by atoms with Gasteiger partial charge in [0.25, 0.3) is 0 Å². The van der Waals surface area contributed by atoms with Crippen molar-refractivity contribution in [3.8, 4) is 0 Å². The van der Waals surface area contributed by atoms with Crippen molar-refractivity contribution in [2.75, 3.05) is 6.61 Å². The summed E-state index contributed by atoms with van der Waals surface area (Å²) in [5.41, 5.74) is 0.921. The monoisotopic (exact) mass is 318 g/mol. The summed E-state index contributed by atoms with van der Waals surface area (Å²) in [6, 6.07) is 0. The number of hydrogen-bond donors (Lipinski definition) is 1.